The Hall–Kier alpha value is -2.14. The molecule has 4 N–H and O–H groups in total. The first-order valence-electron chi connectivity index (χ1n) is 7.59. The molecule has 0 aliphatic heterocycles. The number of anilines is 1. The number of hydrogen-bond donors (Lipinski definition) is 3. The molecule has 0 saturated carbocycles. The van der Waals surface area contributed by atoms with Gasteiger partial charge in [0.15, 0.2) is 0 Å². The summed E-state index contributed by atoms with van der Waals surface area (Å²) >= 11 is 1.45. The first kappa shape index (κ1) is 17.2. The summed E-state index contributed by atoms with van der Waals surface area (Å²) in [5.41, 5.74) is 7.44. The van der Waals surface area contributed by atoms with Crippen molar-refractivity contribution in [2.45, 2.75) is 30.7 Å². The van der Waals surface area contributed by atoms with Crippen molar-refractivity contribution in [3.8, 4) is 5.75 Å². The fraction of sp³-hybridized carbons (Fsp3) is 0.278. The van der Waals surface area contributed by atoms with Crippen molar-refractivity contribution in [3.05, 3.63) is 54.1 Å². The molecule has 0 heterocycles. The third kappa shape index (κ3) is 5.87. The number of amides is 1. The van der Waals surface area contributed by atoms with Crippen molar-refractivity contribution in [3.63, 3.8) is 0 Å². The molecule has 23 heavy (non-hydrogen) atoms. The highest BCUT2D eigenvalue weighted by Gasteiger charge is 2.08. The molecule has 0 radical (unpaired) electrons. The lowest BCUT2D eigenvalue weighted by atomic mass is 10.1. The number of aromatic hydroxyl groups is 1. The summed E-state index contributed by atoms with van der Waals surface area (Å²) in [7, 11) is 0. The van der Waals surface area contributed by atoms with Crippen molar-refractivity contribution >= 4 is 23.4 Å². The molecule has 4 nitrogen and oxygen atoms in total. The van der Waals surface area contributed by atoms with E-state index in [1.165, 1.54) is 17.3 Å². The lowest BCUT2D eigenvalue weighted by molar-refractivity contribution is -0.115. The van der Waals surface area contributed by atoms with E-state index in [2.05, 4.69) is 12.2 Å². The van der Waals surface area contributed by atoms with Gasteiger partial charge in [-0.2, -0.15) is 0 Å². The number of carbonyl (C=O) groups is 1. The summed E-state index contributed by atoms with van der Waals surface area (Å²) in [5, 5.41) is 12.8. The average molecular weight is 330 g/mol. The topological polar surface area (TPSA) is 75.3 Å². The van der Waals surface area contributed by atoms with Crippen molar-refractivity contribution < 1.29 is 9.90 Å². The summed E-state index contributed by atoms with van der Waals surface area (Å²) < 4.78 is 0. The van der Waals surface area contributed by atoms with Crippen molar-refractivity contribution in [2.24, 2.45) is 5.73 Å². The summed E-state index contributed by atoms with van der Waals surface area (Å²) in [5.74, 6) is 0.256. The molecule has 122 valence electrons. The van der Waals surface area contributed by atoms with Crippen LogP contribution in [-0.2, 0) is 11.2 Å². The number of phenols is 1. The summed E-state index contributed by atoms with van der Waals surface area (Å²) in [4.78, 5) is 12.0. The first-order chi connectivity index (χ1) is 11.0. The molecule has 2 aromatic rings. The van der Waals surface area contributed by atoms with E-state index >= 15 is 0 Å². The molecule has 0 saturated heterocycles. The Morgan fingerprint density at radius 2 is 1.91 bits per heavy atom. The van der Waals surface area contributed by atoms with E-state index in [-0.39, 0.29) is 11.7 Å². The smallest absolute Gasteiger partial charge is 0.227 e. The maximum Gasteiger partial charge on any atom is 0.227 e. The maximum atomic E-state index is 11.0. The number of rotatable bonds is 8. The fourth-order valence-corrected chi connectivity index (χ4v) is 3.00. The Labute approximate surface area is 141 Å². The number of phenolic OH excluding ortho intramolecular Hbond substituents is 1. The van der Waals surface area contributed by atoms with Gasteiger partial charge >= 0.3 is 0 Å². The highest BCUT2D eigenvalue weighted by molar-refractivity contribution is 8.00. The van der Waals surface area contributed by atoms with Gasteiger partial charge in [0.2, 0.25) is 5.91 Å². The van der Waals surface area contributed by atoms with Crippen LogP contribution in [-0.4, -0.2) is 22.8 Å². The first-order valence-corrected chi connectivity index (χ1v) is 8.57. The number of aryl methyl sites for hydroxylation is 1. The number of para-hydroxylation sites is 1. The van der Waals surface area contributed by atoms with Gasteiger partial charge in [0, 0.05) is 16.6 Å². The molecule has 5 heteroatoms. The van der Waals surface area contributed by atoms with Crippen LogP contribution in [0.5, 0.6) is 5.75 Å². The Bertz CT molecular complexity index is 644. The third-order valence-corrected chi connectivity index (χ3v) is 4.56. The monoisotopic (exact) mass is 330 g/mol. The van der Waals surface area contributed by atoms with E-state index in [1.54, 1.807) is 12.1 Å². The van der Waals surface area contributed by atoms with Gasteiger partial charge in [0.1, 0.15) is 5.75 Å². The number of nitrogens with one attached hydrogen (secondary N) is 1. The zero-order valence-electron chi connectivity index (χ0n) is 13.2. The fourth-order valence-electron chi connectivity index (χ4n) is 2.24. The van der Waals surface area contributed by atoms with Crippen LogP contribution in [0.15, 0.2) is 53.4 Å². The van der Waals surface area contributed by atoms with Crippen molar-refractivity contribution in [1.82, 2.24) is 0 Å². The van der Waals surface area contributed by atoms with E-state index in [4.69, 9.17) is 5.73 Å². The predicted octanol–water partition coefficient (Wildman–Crippen LogP) is 3.40. The molecule has 0 fully saturated rings. The number of primary amides is 1. The standard InChI is InChI=1S/C18H22N2O2S/c1-13(6-7-14-8-10-15(21)11-9-14)20-16-4-2-3-5-17(16)23-12-18(19)22/h2-5,8-11,13,20-21H,6-7,12H2,1H3,(H2,19,22). The number of hydrogen-bond acceptors (Lipinski definition) is 4. The molecular weight excluding hydrogens is 308 g/mol. The van der Waals surface area contributed by atoms with Crippen LogP contribution in [0.2, 0.25) is 0 Å². The van der Waals surface area contributed by atoms with Gasteiger partial charge in [-0.25, -0.2) is 0 Å². The number of thioether (sulfide) groups is 1. The second kappa shape index (κ2) is 8.48. The van der Waals surface area contributed by atoms with Crippen LogP contribution in [0, 0.1) is 0 Å². The van der Waals surface area contributed by atoms with Crippen LogP contribution >= 0.6 is 11.8 Å². The molecule has 1 unspecified atom stereocenters. The van der Waals surface area contributed by atoms with Gasteiger partial charge in [-0.1, -0.05) is 24.3 Å². The van der Waals surface area contributed by atoms with Gasteiger partial charge in [-0.05, 0) is 49.6 Å². The van der Waals surface area contributed by atoms with E-state index in [1.807, 2.05) is 36.4 Å². The summed E-state index contributed by atoms with van der Waals surface area (Å²) in [6.45, 7) is 2.13. The molecule has 2 aromatic carbocycles. The van der Waals surface area contributed by atoms with Crippen molar-refractivity contribution in [2.75, 3.05) is 11.1 Å². The largest absolute Gasteiger partial charge is 0.508 e. The van der Waals surface area contributed by atoms with Gasteiger partial charge in [0.25, 0.3) is 0 Å². The highest BCUT2D eigenvalue weighted by atomic mass is 32.2. The van der Waals surface area contributed by atoms with Crippen LogP contribution in [0.1, 0.15) is 18.9 Å². The van der Waals surface area contributed by atoms with E-state index < -0.39 is 0 Å². The minimum absolute atomic E-state index is 0.278. The van der Waals surface area contributed by atoms with Gasteiger partial charge < -0.3 is 16.2 Å². The number of carbonyl (C=O) groups excluding carboxylic acids is 1. The Kier molecular flexibility index (Phi) is 6.35. The Morgan fingerprint density at radius 3 is 2.61 bits per heavy atom. The molecule has 0 aliphatic carbocycles. The number of benzene rings is 2. The maximum absolute atomic E-state index is 11.0. The van der Waals surface area contributed by atoms with E-state index in [9.17, 15) is 9.90 Å². The predicted molar refractivity (Wildman–Crippen MR) is 95.9 cm³/mol. The minimum atomic E-state index is -0.315. The molecule has 0 bridgehead atoms. The highest BCUT2D eigenvalue weighted by Crippen LogP contribution is 2.27. The molecule has 1 atom stereocenters. The summed E-state index contributed by atoms with van der Waals surface area (Å²) in [6, 6.07) is 15.5. The minimum Gasteiger partial charge on any atom is -0.508 e. The third-order valence-electron chi connectivity index (χ3n) is 3.46. The SMILES string of the molecule is CC(CCc1ccc(O)cc1)Nc1ccccc1SCC(N)=O. The molecule has 2 rings (SSSR count). The molecular formula is C18H22N2O2S. The average Bonchev–Trinajstić information content (AvgIpc) is 2.53. The number of nitrogens with two attached hydrogens (primary N) is 1. The van der Waals surface area contributed by atoms with Crippen LogP contribution in [0.3, 0.4) is 0 Å². The zero-order valence-corrected chi connectivity index (χ0v) is 14.0. The molecule has 1 amide bonds. The normalized spacial score (nSPS) is 11.9. The van der Waals surface area contributed by atoms with E-state index in [0.29, 0.717) is 11.8 Å². The summed E-state index contributed by atoms with van der Waals surface area (Å²) in [6.07, 6.45) is 1.91. The lowest BCUT2D eigenvalue weighted by Gasteiger charge is -2.18. The zero-order chi connectivity index (χ0) is 16.7. The van der Waals surface area contributed by atoms with Gasteiger partial charge in [-0.3, -0.25) is 4.79 Å². The molecule has 0 spiro atoms. The Morgan fingerprint density at radius 1 is 1.22 bits per heavy atom. The second-order valence-electron chi connectivity index (χ2n) is 5.50. The van der Waals surface area contributed by atoms with Crippen LogP contribution in [0.4, 0.5) is 5.69 Å². The Balaban J connectivity index is 1.90. The van der Waals surface area contributed by atoms with E-state index in [0.717, 1.165) is 23.4 Å². The molecule has 0 aliphatic rings. The van der Waals surface area contributed by atoms with Crippen LogP contribution < -0.4 is 11.1 Å². The second-order valence-corrected chi connectivity index (χ2v) is 6.52. The molecule has 0 aromatic heterocycles. The lowest BCUT2D eigenvalue weighted by Crippen LogP contribution is -2.17. The quantitative estimate of drug-likeness (QED) is 0.648. The van der Waals surface area contributed by atoms with Gasteiger partial charge in [0.05, 0.1) is 5.75 Å². The van der Waals surface area contributed by atoms with Crippen molar-refractivity contribution in [1.29, 1.82) is 0 Å². The van der Waals surface area contributed by atoms with Gasteiger partial charge in [-0.15, -0.1) is 11.8 Å². The van der Waals surface area contributed by atoms with Crippen LogP contribution in [0.25, 0.3) is 0 Å².